The van der Waals surface area contributed by atoms with Crippen LogP contribution in [0.5, 0.6) is 0 Å². The van der Waals surface area contributed by atoms with Crippen LogP contribution in [0.2, 0.25) is 5.02 Å². The molecule has 0 spiro atoms. The van der Waals surface area contributed by atoms with E-state index in [1.54, 1.807) is 11.8 Å². The topological polar surface area (TPSA) is 51.8 Å². The minimum atomic E-state index is 0.589. The third-order valence-corrected chi connectivity index (χ3v) is 5.46. The average molecular weight is 418 g/mol. The van der Waals surface area contributed by atoms with Gasteiger partial charge in [0.2, 0.25) is 0 Å². The lowest BCUT2D eigenvalue weighted by Crippen LogP contribution is -2.06. The Balaban J connectivity index is 1.75. The van der Waals surface area contributed by atoms with E-state index in [9.17, 15) is 0 Å². The average Bonchev–Trinajstić information content (AvgIpc) is 3.26. The van der Waals surface area contributed by atoms with Gasteiger partial charge in [-0.05, 0) is 59.7 Å². The minimum absolute atomic E-state index is 0.589. The van der Waals surface area contributed by atoms with E-state index in [1.165, 1.54) is 12.8 Å². The van der Waals surface area contributed by atoms with E-state index in [-0.39, 0.29) is 0 Å². The Morgan fingerprint density at radius 2 is 1.95 bits per heavy atom. The van der Waals surface area contributed by atoms with E-state index in [4.69, 9.17) is 17.3 Å². The van der Waals surface area contributed by atoms with Gasteiger partial charge in [-0.3, -0.25) is 0 Å². The molecule has 0 amide bonds. The van der Waals surface area contributed by atoms with Crippen LogP contribution in [0.1, 0.15) is 30.3 Å². The molecule has 1 saturated carbocycles. The first-order valence-electron chi connectivity index (χ1n) is 6.33. The summed E-state index contributed by atoms with van der Waals surface area (Å²) < 4.78 is 1.02. The van der Waals surface area contributed by atoms with Gasteiger partial charge >= 0.3 is 0 Å². The largest absolute Gasteiger partial charge is 0.383 e. The molecular weight excluding hydrogens is 405 g/mol. The highest BCUT2D eigenvalue weighted by Crippen LogP contribution is 2.42. The highest BCUT2D eigenvalue weighted by Gasteiger charge is 2.28. The number of nitrogens with two attached hydrogens (primary N) is 1. The molecule has 0 radical (unpaired) electrons. The summed E-state index contributed by atoms with van der Waals surface area (Å²) in [6, 6.07) is 7.79. The number of rotatable bonds is 4. The Bertz CT molecular complexity index is 629. The molecule has 3 nitrogen and oxygen atoms in total. The third kappa shape index (κ3) is 3.38. The first-order chi connectivity index (χ1) is 9.63. The van der Waals surface area contributed by atoms with E-state index in [2.05, 4.69) is 32.6 Å². The van der Waals surface area contributed by atoms with Crippen molar-refractivity contribution in [2.75, 3.05) is 5.73 Å². The van der Waals surface area contributed by atoms with Gasteiger partial charge in [0.05, 0.1) is 15.0 Å². The van der Waals surface area contributed by atoms with Crippen LogP contribution >= 0.6 is 46.0 Å². The summed E-state index contributed by atoms with van der Waals surface area (Å²) >= 11 is 9.82. The van der Waals surface area contributed by atoms with Crippen LogP contribution in [0.4, 0.5) is 5.82 Å². The van der Waals surface area contributed by atoms with Crippen LogP contribution in [0.25, 0.3) is 0 Å². The Kier molecular flexibility index (Phi) is 4.37. The highest BCUT2D eigenvalue weighted by molar-refractivity contribution is 14.1. The molecule has 1 heterocycles. The first kappa shape index (κ1) is 14.4. The minimum Gasteiger partial charge on any atom is -0.383 e. The Morgan fingerprint density at radius 1 is 1.25 bits per heavy atom. The molecule has 1 aromatic heterocycles. The Labute approximate surface area is 140 Å². The van der Waals surface area contributed by atoms with E-state index in [0.717, 1.165) is 30.8 Å². The molecule has 0 bridgehead atoms. The van der Waals surface area contributed by atoms with Gasteiger partial charge in [0.25, 0.3) is 0 Å². The predicted octanol–water partition coefficient (Wildman–Crippen LogP) is 4.49. The number of halogens is 2. The molecule has 1 fully saturated rings. The normalized spacial score (nSPS) is 14.5. The summed E-state index contributed by atoms with van der Waals surface area (Å²) in [5.41, 5.74) is 7.12. The zero-order chi connectivity index (χ0) is 14.1. The maximum Gasteiger partial charge on any atom is 0.141 e. The highest BCUT2D eigenvalue weighted by atomic mass is 127. The van der Waals surface area contributed by atoms with Gasteiger partial charge in [0.1, 0.15) is 11.6 Å². The molecule has 3 rings (SSSR count). The van der Waals surface area contributed by atoms with E-state index in [1.807, 2.05) is 24.3 Å². The molecule has 2 aromatic rings. The number of benzene rings is 1. The van der Waals surface area contributed by atoms with Crippen molar-refractivity contribution in [3.8, 4) is 0 Å². The maximum absolute atomic E-state index is 5.99. The number of nitrogen functional groups attached to an aromatic ring is 1. The van der Waals surface area contributed by atoms with Crippen molar-refractivity contribution in [3.63, 3.8) is 0 Å². The maximum atomic E-state index is 5.99. The van der Waals surface area contributed by atoms with Crippen molar-refractivity contribution in [2.45, 2.75) is 29.4 Å². The van der Waals surface area contributed by atoms with E-state index >= 15 is 0 Å². The van der Waals surface area contributed by atoms with E-state index in [0.29, 0.717) is 11.7 Å². The predicted molar refractivity (Wildman–Crippen MR) is 92.1 cm³/mol. The van der Waals surface area contributed by atoms with Gasteiger partial charge in [-0.15, -0.1) is 11.8 Å². The molecule has 0 saturated heterocycles. The Hall–Kier alpha value is -0.530. The molecule has 1 aromatic carbocycles. The number of nitrogens with zero attached hydrogens (tertiary/aromatic N) is 2. The molecule has 0 atom stereocenters. The lowest BCUT2D eigenvalue weighted by atomic mass is 10.3. The van der Waals surface area contributed by atoms with Gasteiger partial charge < -0.3 is 5.73 Å². The SMILES string of the molecule is Nc1nc(CSc2ccc(Cl)cc2)nc(C2CC2)c1I. The van der Waals surface area contributed by atoms with Gasteiger partial charge in [-0.25, -0.2) is 9.97 Å². The summed E-state index contributed by atoms with van der Waals surface area (Å²) in [5, 5.41) is 0.750. The number of aromatic nitrogens is 2. The summed E-state index contributed by atoms with van der Waals surface area (Å²) in [7, 11) is 0. The summed E-state index contributed by atoms with van der Waals surface area (Å²) in [6.07, 6.45) is 2.44. The number of hydrogen-bond acceptors (Lipinski definition) is 4. The summed E-state index contributed by atoms with van der Waals surface area (Å²) in [4.78, 5) is 10.2. The monoisotopic (exact) mass is 417 g/mol. The van der Waals surface area contributed by atoms with Crippen LogP contribution < -0.4 is 5.73 Å². The second-order valence-corrected chi connectivity index (χ2v) is 7.31. The first-order valence-corrected chi connectivity index (χ1v) is 8.78. The van der Waals surface area contributed by atoms with Crippen molar-refractivity contribution in [1.82, 2.24) is 9.97 Å². The zero-order valence-corrected chi connectivity index (χ0v) is 14.4. The van der Waals surface area contributed by atoms with Gasteiger partial charge in [0, 0.05) is 15.8 Å². The fourth-order valence-electron chi connectivity index (χ4n) is 1.90. The lowest BCUT2D eigenvalue weighted by molar-refractivity contribution is 0.924. The molecule has 1 aliphatic carbocycles. The quantitative estimate of drug-likeness (QED) is 0.588. The number of anilines is 1. The zero-order valence-electron chi connectivity index (χ0n) is 10.6. The van der Waals surface area contributed by atoms with Crippen molar-refractivity contribution in [1.29, 1.82) is 0 Å². The number of thioether (sulfide) groups is 1. The van der Waals surface area contributed by atoms with Crippen molar-refractivity contribution < 1.29 is 0 Å². The summed E-state index contributed by atoms with van der Waals surface area (Å²) in [6.45, 7) is 0. The fourth-order valence-corrected chi connectivity index (χ4v) is 3.46. The molecule has 0 aliphatic heterocycles. The van der Waals surface area contributed by atoms with E-state index < -0.39 is 0 Å². The molecule has 0 unspecified atom stereocenters. The molecule has 6 heteroatoms. The van der Waals surface area contributed by atoms with Crippen LogP contribution in [-0.4, -0.2) is 9.97 Å². The summed E-state index contributed by atoms with van der Waals surface area (Å²) in [5.74, 6) is 2.73. The molecule has 104 valence electrons. The molecule has 2 N–H and O–H groups in total. The van der Waals surface area contributed by atoms with Crippen molar-refractivity contribution >= 4 is 51.8 Å². The molecule has 1 aliphatic rings. The second kappa shape index (κ2) is 6.07. The van der Waals surface area contributed by atoms with Crippen LogP contribution in [0.3, 0.4) is 0 Å². The van der Waals surface area contributed by atoms with Gasteiger partial charge in [-0.2, -0.15) is 0 Å². The van der Waals surface area contributed by atoms with Gasteiger partial charge in [-0.1, -0.05) is 11.6 Å². The van der Waals surface area contributed by atoms with Crippen LogP contribution in [-0.2, 0) is 5.75 Å². The fraction of sp³-hybridized carbons (Fsp3) is 0.286. The third-order valence-electron chi connectivity index (χ3n) is 3.09. The van der Waals surface area contributed by atoms with Crippen molar-refractivity contribution in [2.24, 2.45) is 0 Å². The van der Waals surface area contributed by atoms with Crippen LogP contribution in [0.15, 0.2) is 29.2 Å². The smallest absolute Gasteiger partial charge is 0.141 e. The van der Waals surface area contributed by atoms with Gasteiger partial charge in [0.15, 0.2) is 0 Å². The molecular formula is C14H13ClIN3S. The molecule has 20 heavy (non-hydrogen) atoms. The second-order valence-electron chi connectivity index (χ2n) is 4.74. The van der Waals surface area contributed by atoms with Crippen LogP contribution in [0, 0.1) is 3.57 Å². The number of hydrogen-bond donors (Lipinski definition) is 1. The standard InChI is InChI=1S/C14H13ClIN3S/c15-9-3-5-10(6-4-9)20-7-11-18-13(8-1-2-8)12(16)14(17)19-11/h3-6,8H,1-2,7H2,(H2,17,18,19). The Morgan fingerprint density at radius 3 is 2.60 bits per heavy atom. The van der Waals surface area contributed by atoms with Crippen molar-refractivity contribution in [3.05, 3.63) is 44.4 Å². The lowest BCUT2D eigenvalue weighted by Gasteiger charge is -2.08.